The summed E-state index contributed by atoms with van der Waals surface area (Å²) in [5.41, 5.74) is 2.14. The Morgan fingerprint density at radius 1 is 0.905 bits per heavy atom. The smallest absolute Gasteiger partial charge is 0.258 e. The molecule has 3 aliphatic rings. The van der Waals surface area contributed by atoms with Crippen LogP contribution < -0.4 is 29.6 Å². The van der Waals surface area contributed by atoms with Gasteiger partial charge in [0.1, 0.15) is 17.6 Å². The Labute approximate surface area is 248 Å². The normalized spacial score (nSPS) is 19.2. The van der Waals surface area contributed by atoms with Crippen molar-refractivity contribution in [3.63, 3.8) is 0 Å². The maximum absolute atomic E-state index is 13.4. The van der Waals surface area contributed by atoms with Crippen LogP contribution >= 0.6 is 11.6 Å². The molecule has 42 heavy (non-hydrogen) atoms. The summed E-state index contributed by atoms with van der Waals surface area (Å²) in [4.78, 5) is 40.6. The number of aryl methyl sites for hydroxylation is 1. The molecule has 0 aromatic heterocycles. The molecule has 2 N–H and O–H groups in total. The van der Waals surface area contributed by atoms with Crippen LogP contribution in [0.4, 0.5) is 0 Å². The lowest BCUT2D eigenvalue weighted by Crippen LogP contribution is -2.45. The Hall–Kier alpha value is -4.44. The fourth-order valence-electron chi connectivity index (χ4n) is 4.96. The monoisotopic (exact) mass is 593 g/mol. The van der Waals surface area contributed by atoms with E-state index in [1.165, 1.54) is 14.2 Å². The number of methoxy groups -OCH3 is 2. The average Bonchev–Trinajstić information content (AvgIpc) is 3.39. The minimum atomic E-state index is -0.486. The lowest BCUT2D eigenvalue weighted by atomic mass is 10.1. The SMILES string of the molecule is COc1ccc(C(=O)N2C[C@@H]3NC(=O)CCc4ccc(OC)c(c4)OCC(=O)NCc4ccc(cc4)O[C@H]3C2)cc1Cl. The fourth-order valence-corrected chi connectivity index (χ4v) is 5.22. The minimum absolute atomic E-state index is 0.178. The van der Waals surface area contributed by atoms with Crippen molar-refractivity contribution in [1.29, 1.82) is 0 Å². The van der Waals surface area contributed by atoms with E-state index in [0.29, 0.717) is 46.5 Å². The van der Waals surface area contributed by atoms with E-state index in [2.05, 4.69) is 10.6 Å². The highest BCUT2D eigenvalue weighted by molar-refractivity contribution is 6.32. The number of carbonyl (C=O) groups excluding carboxylic acids is 3. The van der Waals surface area contributed by atoms with Gasteiger partial charge in [-0.25, -0.2) is 0 Å². The summed E-state index contributed by atoms with van der Waals surface area (Å²) in [6.07, 6.45) is 0.150. The molecule has 2 atom stereocenters. The number of ether oxygens (including phenoxy) is 4. The molecule has 0 aliphatic carbocycles. The number of nitrogens with zero attached hydrogens (tertiary/aromatic N) is 1. The number of nitrogens with one attached hydrogen (secondary N) is 2. The highest BCUT2D eigenvalue weighted by Crippen LogP contribution is 2.29. The molecule has 10 nitrogen and oxygen atoms in total. The summed E-state index contributed by atoms with van der Waals surface area (Å²) < 4.78 is 22.6. The number of halogens is 1. The lowest BCUT2D eigenvalue weighted by molar-refractivity contribution is -0.123. The van der Waals surface area contributed by atoms with Gasteiger partial charge in [0.2, 0.25) is 5.91 Å². The van der Waals surface area contributed by atoms with E-state index >= 15 is 0 Å². The Kier molecular flexibility index (Phi) is 9.02. The van der Waals surface area contributed by atoms with Crippen molar-refractivity contribution in [2.24, 2.45) is 0 Å². The van der Waals surface area contributed by atoms with Gasteiger partial charge in [-0.1, -0.05) is 29.8 Å². The number of rotatable bonds is 3. The molecule has 3 aliphatic heterocycles. The first-order chi connectivity index (χ1) is 20.3. The summed E-state index contributed by atoms with van der Waals surface area (Å²) in [6.45, 7) is 0.672. The predicted molar refractivity (Wildman–Crippen MR) is 155 cm³/mol. The third kappa shape index (κ3) is 6.88. The van der Waals surface area contributed by atoms with E-state index < -0.39 is 12.1 Å². The van der Waals surface area contributed by atoms with Gasteiger partial charge in [-0.2, -0.15) is 0 Å². The molecule has 6 rings (SSSR count). The number of carbonyl (C=O) groups is 3. The number of likely N-dealkylation sites (tertiary alicyclic amines) is 1. The van der Waals surface area contributed by atoms with Crippen LogP contribution in [0.3, 0.4) is 0 Å². The van der Waals surface area contributed by atoms with Gasteiger partial charge in [-0.05, 0) is 60.0 Å². The van der Waals surface area contributed by atoms with Gasteiger partial charge in [0.15, 0.2) is 18.1 Å². The molecule has 3 aromatic carbocycles. The molecule has 4 bridgehead atoms. The topological polar surface area (TPSA) is 115 Å². The number of hydrogen-bond donors (Lipinski definition) is 2. The number of amides is 3. The Morgan fingerprint density at radius 3 is 2.38 bits per heavy atom. The van der Waals surface area contributed by atoms with Gasteiger partial charge < -0.3 is 34.5 Å². The molecule has 220 valence electrons. The van der Waals surface area contributed by atoms with E-state index in [9.17, 15) is 14.4 Å². The highest BCUT2D eigenvalue weighted by atomic mass is 35.5. The predicted octanol–water partition coefficient (Wildman–Crippen LogP) is 3.39. The first kappa shape index (κ1) is 29.1. The second-order valence-electron chi connectivity index (χ2n) is 10.1. The van der Waals surface area contributed by atoms with Gasteiger partial charge in [-0.3, -0.25) is 14.4 Å². The van der Waals surface area contributed by atoms with Crippen LogP contribution in [0.2, 0.25) is 5.02 Å². The summed E-state index contributed by atoms with van der Waals surface area (Å²) >= 11 is 6.27. The molecule has 0 radical (unpaired) electrons. The van der Waals surface area contributed by atoms with Gasteiger partial charge in [-0.15, -0.1) is 0 Å². The number of fused-ring (bicyclic) bond motifs is 9. The Morgan fingerprint density at radius 2 is 1.64 bits per heavy atom. The second-order valence-corrected chi connectivity index (χ2v) is 10.5. The summed E-state index contributed by atoms with van der Waals surface area (Å²) in [5.74, 6) is 1.29. The fraction of sp³-hybridized carbons (Fsp3) is 0.323. The number of benzene rings is 3. The van der Waals surface area contributed by atoms with Crippen molar-refractivity contribution in [3.8, 4) is 23.0 Å². The molecule has 1 fully saturated rings. The third-order valence-corrected chi connectivity index (χ3v) is 7.52. The van der Waals surface area contributed by atoms with Crippen molar-refractivity contribution >= 4 is 29.3 Å². The maximum atomic E-state index is 13.4. The second kappa shape index (κ2) is 13.0. The molecule has 1 saturated heterocycles. The number of hydrogen-bond acceptors (Lipinski definition) is 7. The molecular weight excluding hydrogens is 562 g/mol. The van der Waals surface area contributed by atoms with Crippen LogP contribution in [0.1, 0.15) is 27.9 Å². The quantitative estimate of drug-likeness (QED) is 0.478. The van der Waals surface area contributed by atoms with Crippen molar-refractivity contribution in [3.05, 3.63) is 82.4 Å². The zero-order chi connectivity index (χ0) is 29.6. The first-order valence-corrected chi connectivity index (χ1v) is 13.9. The zero-order valence-corrected chi connectivity index (χ0v) is 24.1. The minimum Gasteiger partial charge on any atom is -0.495 e. The molecule has 3 aromatic rings. The van der Waals surface area contributed by atoms with Crippen LogP contribution in [0.25, 0.3) is 0 Å². The molecule has 0 saturated carbocycles. The van der Waals surface area contributed by atoms with Crippen molar-refractivity contribution in [2.45, 2.75) is 31.5 Å². The van der Waals surface area contributed by atoms with Gasteiger partial charge >= 0.3 is 0 Å². The molecule has 3 amide bonds. The summed E-state index contributed by atoms with van der Waals surface area (Å²) in [5, 5.41) is 6.25. The zero-order valence-electron chi connectivity index (χ0n) is 23.4. The molecule has 0 unspecified atom stereocenters. The first-order valence-electron chi connectivity index (χ1n) is 13.6. The van der Waals surface area contributed by atoms with E-state index in [1.54, 1.807) is 47.4 Å². The third-order valence-electron chi connectivity index (χ3n) is 7.23. The molecule has 0 spiro atoms. The Bertz CT molecular complexity index is 1460. The highest BCUT2D eigenvalue weighted by Gasteiger charge is 2.38. The van der Waals surface area contributed by atoms with E-state index in [1.807, 2.05) is 18.2 Å². The van der Waals surface area contributed by atoms with Crippen molar-refractivity contribution in [2.75, 3.05) is 33.9 Å². The van der Waals surface area contributed by atoms with Crippen LogP contribution in [-0.4, -0.2) is 68.7 Å². The van der Waals surface area contributed by atoms with Crippen molar-refractivity contribution < 1.29 is 33.3 Å². The van der Waals surface area contributed by atoms with Crippen LogP contribution in [0.15, 0.2) is 60.7 Å². The average molecular weight is 594 g/mol. The van der Waals surface area contributed by atoms with E-state index in [0.717, 1.165) is 11.1 Å². The van der Waals surface area contributed by atoms with Crippen LogP contribution in [0.5, 0.6) is 23.0 Å². The van der Waals surface area contributed by atoms with Crippen molar-refractivity contribution in [1.82, 2.24) is 15.5 Å². The van der Waals surface area contributed by atoms with Gasteiger partial charge in [0.25, 0.3) is 11.8 Å². The van der Waals surface area contributed by atoms with E-state index in [4.69, 9.17) is 30.5 Å². The van der Waals surface area contributed by atoms with Gasteiger partial charge in [0, 0.05) is 25.1 Å². The van der Waals surface area contributed by atoms with Crippen LogP contribution in [-0.2, 0) is 22.6 Å². The van der Waals surface area contributed by atoms with Crippen LogP contribution in [0, 0.1) is 0 Å². The maximum Gasteiger partial charge on any atom is 0.258 e. The summed E-state index contributed by atoms with van der Waals surface area (Å²) in [6, 6.07) is 17.1. The summed E-state index contributed by atoms with van der Waals surface area (Å²) in [7, 11) is 3.04. The Balaban J connectivity index is 1.38. The van der Waals surface area contributed by atoms with E-state index in [-0.39, 0.29) is 43.8 Å². The lowest BCUT2D eigenvalue weighted by Gasteiger charge is -2.21. The standard InChI is InChI=1S/C31H32ClN3O7/c1-39-25-11-7-21(14-23(25)32)31(38)35-16-24-28(17-35)42-22-8-3-20(4-9-22)15-33-30(37)18-41-27-13-19(5-10-26(27)40-2)6-12-29(36)34-24/h3-5,7-11,13-14,24,28H,6,12,15-18H2,1-2H3,(H,33,37)(H,34,36)/t24-,28-/m0/s1. The largest absolute Gasteiger partial charge is 0.495 e. The molecular formula is C31H32ClN3O7. The molecule has 11 heteroatoms. The van der Waals surface area contributed by atoms with Gasteiger partial charge in [0.05, 0.1) is 31.8 Å². The molecule has 3 heterocycles.